The van der Waals surface area contributed by atoms with Crippen LogP contribution >= 0.6 is 0 Å². The fourth-order valence-corrected chi connectivity index (χ4v) is 2.17. The van der Waals surface area contributed by atoms with E-state index in [9.17, 15) is 14.4 Å². The lowest BCUT2D eigenvalue weighted by Gasteiger charge is -2.22. The van der Waals surface area contributed by atoms with Crippen LogP contribution in [-0.4, -0.2) is 54.6 Å². The van der Waals surface area contributed by atoms with Crippen LogP contribution in [0.4, 0.5) is 4.79 Å². The van der Waals surface area contributed by atoms with Crippen molar-refractivity contribution in [2.75, 3.05) is 20.2 Å². The fraction of sp³-hybridized carbons (Fsp3) is 0.700. The number of amides is 4. The summed E-state index contributed by atoms with van der Waals surface area (Å²) in [5.41, 5.74) is -0.944. The number of carbonyl (C=O) groups is 3. The molecule has 1 spiro atoms. The molecule has 0 saturated carbocycles. The molecule has 0 aromatic rings. The molecule has 2 N–H and O–H groups in total. The van der Waals surface area contributed by atoms with Gasteiger partial charge in [-0.15, -0.1) is 0 Å². The van der Waals surface area contributed by atoms with Crippen LogP contribution in [-0.2, 0) is 14.3 Å². The molecule has 2 rings (SSSR count). The summed E-state index contributed by atoms with van der Waals surface area (Å²) >= 11 is 0. The highest BCUT2D eigenvalue weighted by Crippen LogP contribution is 2.25. The molecule has 0 bridgehead atoms. The molecule has 2 saturated heterocycles. The van der Waals surface area contributed by atoms with E-state index in [2.05, 4.69) is 10.6 Å². The van der Waals surface area contributed by atoms with Crippen molar-refractivity contribution in [3.05, 3.63) is 0 Å². The van der Waals surface area contributed by atoms with Crippen LogP contribution < -0.4 is 10.6 Å². The number of nitrogens with one attached hydrogen (secondary N) is 2. The molecule has 2 aliphatic heterocycles. The first-order valence-corrected chi connectivity index (χ1v) is 5.44. The van der Waals surface area contributed by atoms with E-state index in [1.54, 1.807) is 11.8 Å². The number of rotatable bonds is 2. The van der Waals surface area contributed by atoms with Gasteiger partial charge >= 0.3 is 6.03 Å². The van der Waals surface area contributed by atoms with Gasteiger partial charge in [-0.2, -0.15) is 0 Å². The van der Waals surface area contributed by atoms with E-state index in [-0.39, 0.29) is 18.4 Å². The number of urea groups is 1. The summed E-state index contributed by atoms with van der Waals surface area (Å²) in [7, 11) is 1.46. The number of ether oxygens (including phenoxy) is 1. The smallest absolute Gasteiger partial charge is 0.322 e. The molecular formula is C10H15N3O4. The number of likely N-dealkylation sites (tertiary alicyclic amines) is 1. The summed E-state index contributed by atoms with van der Waals surface area (Å²) in [5, 5.41) is 4.78. The molecule has 4 amide bonds. The Balaban J connectivity index is 2.07. The maximum atomic E-state index is 11.9. The molecule has 17 heavy (non-hydrogen) atoms. The second-order valence-corrected chi connectivity index (χ2v) is 4.38. The summed E-state index contributed by atoms with van der Waals surface area (Å²) in [4.78, 5) is 36.2. The van der Waals surface area contributed by atoms with Gasteiger partial charge in [0.1, 0.15) is 11.6 Å². The second kappa shape index (κ2) is 3.99. The summed E-state index contributed by atoms with van der Waals surface area (Å²) in [5.74, 6) is -0.527. The Bertz CT molecular complexity index is 384. The molecule has 2 heterocycles. The van der Waals surface area contributed by atoms with Crippen LogP contribution in [0.1, 0.15) is 13.3 Å². The van der Waals surface area contributed by atoms with Crippen molar-refractivity contribution in [2.45, 2.75) is 25.0 Å². The number of nitrogens with zero attached hydrogens (tertiary/aromatic N) is 1. The third-order valence-electron chi connectivity index (χ3n) is 3.30. The number of carbonyl (C=O) groups excluding carboxylic acids is 3. The van der Waals surface area contributed by atoms with Crippen molar-refractivity contribution >= 4 is 17.8 Å². The van der Waals surface area contributed by atoms with Gasteiger partial charge in [-0.3, -0.25) is 14.9 Å². The Morgan fingerprint density at radius 1 is 1.53 bits per heavy atom. The van der Waals surface area contributed by atoms with Crippen molar-refractivity contribution in [1.82, 2.24) is 15.5 Å². The average Bonchev–Trinajstić information content (AvgIpc) is 2.83. The van der Waals surface area contributed by atoms with E-state index in [0.29, 0.717) is 13.0 Å². The molecule has 7 heteroatoms. The van der Waals surface area contributed by atoms with E-state index < -0.39 is 17.7 Å². The molecule has 2 aliphatic rings. The first kappa shape index (κ1) is 11.8. The number of hydrogen-bond acceptors (Lipinski definition) is 4. The molecule has 0 aromatic carbocycles. The van der Waals surface area contributed by atoms with Crippen LogP contribution in [0.2, 0.25) is 0 Å². The van der Waals surface area contributed by atoms with Crippen LogP contribution in [0.25, 0.3) is 0 Å². The Morgan fingerprint density at radius 3 is 2.76 bits per heavy atom. The number of methoxy groups -OCH3 is 1. The van der Waals surface area contributed by atoms with Crippen molar-refractivity contribution in [2.24, 2.45) is 0 Å². The van der Waals surface area contributed by atoms with Crippen LogP contribution in [0, 0.1) is 0 Å². The zero-order valence-corrected chi connectivity index (χ0v) is 9.78. The first-order valence-electron chi connectivity index (χ1n) is 5.44. The van der Waals surface area contributed by atoms with Crippen molar-refractivity contribution in [1.29, 1.82) is 0 Å². The van der Waals surface area contributed by atoms with Gasteiger partial charge in [0.15, 0.2) is 0 Å². The van der Waals surface area contributed by atoms with Crippen LogP contribution in [0.5, 0.6) is 0 Å². The third kappa shape index (κ3) is 1.86. The molecule has 2 fully saturated rings. The zero-order chi connectivity index (χ0) is 12.6. The quantitative estimate of drug-likeness (QED) is 0.596. The van der Waals surface area contributed by atoms with E-state index in [0.717, 1.165) is 0 Å². The van der Waals surface area contributed by atoms with Gasteiger partial charge in [-0.25, -0.2) is 4.79 Å². The topological polar surface area (TPSA) is 87.7 Å². The molecule has 0 aliphatic carbocycles. The number of imide groups is 1. The van der Waals surface area contributed by atoms with Crippen LogP contribution in [0.15, 0.2) is 0 Å². The standard InChI is InChI=1S/C10H15N3O4/c1-6(17-2)7(14)13-4-3-10(5-13)8(15)11-9(16)12-10/h6H,3-5H2,1-2H3,(H2,11,12,15,16). The predicted molar refractivity (Wildman–Crippen MR) is 57.1 cm³/mol. The van der Waals surface area contributed by atoms with Crippen LogP contribution in [0.3, 0.4) is 0 Å². The summed E-state index contributed by atoms with van der Waals surface area (Å²) < 4.78 is 4.94. The highest BCUT2D eigenvalue weighted by Gasteiger charge is 2.51. The molecule has 0 radical (unpaired) electrons. The Labute approximate surface area is 98.5 Å². The SMILES string of the molecule is COC(C)C(=O)N1CCC2(C1)NC(=O)NC2=O. The average molecular weight is 241 g/mol. The fourth-order valence-electron chi connectivity index (χ4n) is 2.17. The minimum atomic E-state index is -0.944. The van der Waals surface area contributed by atoms with Crippen molar-refractivity contribution in [3.8, 4) is 0 Å². The number of hydrogen-bond donors (Lipinski definition) is 2. The highest BCUT2D eigenvalue weighted by atomic mass is 16.5. The monoisotopic (exact) mass is 241 g/mol. The molecule has 7 nitrogen and oxygen atoms in total. The lowest BCUT2D eigenvalue weighted by atomic mass is 9.99. The van der Waals surface area contributed by atoms with Gasteiger partial charge in [0, 0.05) is 13.7 Å². The van der Waals surface area contributed by atoms with E-state index in [4.69, 9.17) is 4.74 Å². The molecule has 94 valence electrons. The van der Waals surface area contributed by atoms with Gasteiger partial charge in [0.05, 0.1) is 6.54 Å². The summed E-state index contributed by atoms with van der Waals surface area (Å²) in [6, 6.07) is -0.496. The zero-order valence-electron chi connectivity index (χ0n) is 9.78. The highest BCUT2D eigenvalue weighted by molar-refractivity contribution is 6.07. The summed E-state index contributed by atoms with van der Waals surface area (Å²) in [6.45, 7) is 2.30. The van der Waals surface area contributed by atoms with Gasteiger partial charge in [-0.1, -0.05) is 0 Å². The van der Waals surface area contributed by atoms with Crippen molar-refractivity contribution in [3.63, 3.8) is 0 Å². The van der Waals surface area contributed by atoms with E-state index >= 15 is 0 Å². The van der Waals surface area contributed by atoms with E-state index in [1.165, 1.54) is 7.11 Å². The first-order chi connectivity index (χ1) is 7.98. The molecule has 2 atom stereocenters. The summed E-state index contributed by atoms with van der Waals surface area (Å²) in [6.07, 6.45) is -0.0995. The largest absolute Gasteiger partial charge is 0.372 e. The molecular weight excluding hydrogens is 226 g/mol. The predicted octanol–water partition coefficient (Wildman–Crippen LogP) is -1.17. The van der Waals surface area contributed by atoms with Gasteiger partial charge < -0.3 is 15.0 Å². The normalized spacial score (nSPS) is 29.4. The van der Waals surface area contributed by atoms with Gasteiger partial charge in [0.2, 0.25) is 0 Å². The minimum absolute atomic E-state index is 0.168. The molecule has 0 aromatic heterocycles. The maximum absolute atomic E-state index is 11.9. The van der Waals surface area contributed by atoms with Crippen molar-refractivity contribution < 1.29 is 19.1 Å². The Morgan fingerprint density at radius 2 is 2.24 bits per heavy atom. The Kier molecular flexibility index (Phi) is 2.78. The minimum Gasteiger partial charge on any atom is -0.372 e. The van der Waals surface area contributed by atoms with Gasteiger partial charge in [0.25, 0.3) is 11.8 Å². The third-order valence-corrected chi connectivity index (χ3v) is 3.30. The lowest BCUT2D eigenvalue weighted by molar-refractivity contribution is -0.140. The second-order valence-electron chi connectivity index (χ2n) is 4.38. The maximum Gasteiger partial charge on any atom is 0.322 e. The van der Waals surface area contributed by atoms with Gasteiger partial charge in [-0.05, 0) is 13.3 Å². The Hall–Kier alpha value is -1.63. The van der Waals surface area contributed by atoms with E-state index in [1.807, 2.05) is 0 Å². The lowest BCUT2D eigenvalue weighted by Crippen LogP contribution is -2.50. The molecule has 2 unspecified atom stereocenters.